The number of hydrogen-bond acceptors (Lipinski definition) is 11. The molecule has 0 aromatic heterocycles. The van der Waals surface area contributed by atoms with Crippen LogP contribution >= 0.6 is 23.2 Å². The monoisotopic (exact) mass is 687 g/mol. The van der Waals surface area contributed by atoms with Crippen LogP contribution in [-0.4, -0.2) is 54.8 Å². The van der Waals surface area contributed by atoms with E-state index >= 15 is 0 Å². The fraction of sp³-hybridized carbons (Fsp3) is 0.258. The first kappa shape index (κ1) is 34.8. The molecule has 248 valence electrons. The van der Waals surface area contributed by atoms with Gasteiger partial charge in [0.05, 0.1) is 46.5 Å². The maximum atomic E-state index is 12.4. The highest BCUT2D eigenvalue weighted by Crippen LogP contribution is 2.36. The second kappa shape index (κ2) is 16.0. The molecule has 14 nitrogen and oxygen atoms in total. The summed E-state index contributed by atoms with van der Waals surface area (Å²) in [7, 11) is 1.26. The maximum absolute atomic E-state index is 12.4. The molecule has 4 N–H and O–H groups in total. The minimum absolute atomic E-state index is 0.0299. The van der Waals surface area contributed by atoms with Crippen molar-refractivity contribution in [2.45, 2.75) is 32.7 Å². The zero-order valence-electron chi connectivity index (χ0n) is 25.4. The van der Waals surface area contributed by atoms with E-state index in [1.165, 1.54) is 25.5 Å². The summed E-state index contributed by atoms with van der Waals surface area (Å²) in [6.07, 6.45) is 0.166. The highest BCUT2D eigenvalue weighted by molar-refractivity contribution is 6.37. The van der Waals surface area contributed by atoms with Crippen molar-refractivity contribution in [2.75, 3.05) is 20.3 Å². The molecule has 0 fully saturated rings. The van der Waals surface area contributed by atoms with Crippen LogP contribution in [0.5, 0.6) is 17.2 Å². The molecular weight excluding hydrogens is 657 g/mol. The molecule has 2 amide bonds. The number of nitrogens with one attached hydrogen (secondary N) is 3. The van der Waals surface area contributed by atoms with Crippen molar-refractivity contribution >= 4 is 47.1 Å². The van der Waals surface area contributed by atoms with Gasteiger partial charge in [0, 0.05) is 17.8 Å². The molecule has 3 aromatic rings. The van der Waals surface area contributed by atoms with Gasteiger partial charge in [0.25, 0.3) is 5.69 Å². The van der Waals surface area contributed by atoms with E-state index in [0.717, 1.165) is 0 Å². The number of aliphatic hydroxyl groups is 1. The summed E-state index contributed by atoms with van der Waals surface area (Å²) in [5.41, 5.74) is 4.88. The van der Waals surface area contributed by atoms with Gasteiger partial charge in [-0.3, -0.25) is 15.5 Å². The number of rotatable bonds is 14. The Labute approximate surface area is 279 Å². The second-order valence-corrected chi connectivity index (χ2v) is 10.8. The third-order valence-electron chi connectivity index (χ3n) is 6.66. The highest BCUT2D eigenvalue weighted by atomic mass is 35.5. The van der Waals surface area contributed by atoms with Crippen LogP contribution in [0.15, 0.2) is 71.0 Å². The molecule has 47 heavy (non-hydrogen) atoms. The quantitative estimate of drug-likeness (QED) is 0.0591. The number of esters is 1. The molecule has 1 heterocycles. The number of nitro benzene ring substituents is 1. The third-order valence-corrected chi connectivity index (χ3v) is 7.22. The number of benzene rings is 3. The van der Waals surface area contributed by atoms with Crippen LogP contribution in [0.25, 0.3) is 0 Å². The van der Waals surface area contributed by atoms with Crippen molar-refractivity contribution in [3.8, 4) is 17.2 Å². The van der Waals surface area contributed by atoms with Gasteiger partial charge < -0.3 is 34.7 Å². The molecule has 0 bridgehead atoms. The number of nitro groups is 1. The Kier molecular flexibility index (Phi) is 11.8. The molecule has 0 unspecified atom stereocenters. The second-order valence-electron chi connectivity index (χ2n) is 9.94. The molecular formula is C31H31Cl2N5O9. The lowest BCUT2D eigenvalue weighted by Gasteiger charge is -2.28. The van der Waals surface area contributed by atoms with Gasteiger partial charge in [-0.15, -0.1) is 0 Å². The van der Waals surface area contributed by atoms with E-state index in [1.54, 1.807) is 56.3 Å². The topological polar surface area (TPSA) is 183 Å². The van der Waals surface area contributed by atoms with Gasteiger partial charge in [0.1, 0.15) is 13.2 Å². The number of nitrogens with zero attached hydrogens (tertiary/aromatic N) is 2. The molecule has 0 spiro atoms. The van der Waals surface area contributed by atoms with E-state index in [0.29, 0.717) is 40.5 Å². The summed E-state index contributed by atoms with van der Waals surface area (Å²) in [5.74, 6) is 0.275. The summed E-state index contributed by atoms with van der Waals surface area (Å²) < 4.78 is 22.1. The van der Waals surface area contributed by atoms with Gasteiger partial charge >= 0.3 is 12.0 Å². The van der Waals surface area contributed by atoms with E-state index in [1.807, 2.05) is 0 Å². The smallest absolute Gasteiger partial charge is 0.337 e. The zero-order chi connectivity index (χ0) is 34.1. The van der Waals surface area contributed by atoms with Crippen molar-refractivity contribution < 1.29 is 38.6 Å². The lowest BCUT2D eigenvalue weighted by Crippen LogP contribution is -2.45. The van der Waals surface area contributed by atoms with Crippen molar-refractivity contribution in [1.82, 2.24) is 16.1 Å². The number of hydrazone groups is 1. The molecule has 0 aliphatic carbocycles. The third kappa shape index (κ3) is 9.03. The molecule has 4 rings (SSSR count). The number of hydrogen-bond donors (Lipinski definition) is 4. The number of methoxy groups -OCH3 is 1. The summed E-state index contributed by atoms with van der Waals surface area (Å²) >= 11 is 12.7. The lowest BCUT2D eigenvalue weighted by molar-refractivity contribution is -0.384. The van der Waals surface area contributed by atoms with Gasteiger partial charge in [0.15, 0.2) is 23.5 Å². The molecule has 1 aliphatic rings. The molecule has 16 heteroatoms. The number of aliphatic hydroxyl groups excluding tert-OH is 1. The summed E-state index contributed by atoms with van der Waals surface area (Å²) in [4.78, 5) is 34.9. The number of carbonyl (C=O) groups excluding carboxylic acids is 2. The molecule has 0 saturated heterocycles. The summed E-state index contributed by atoms with van der Waals surface area (Å²) in [6, 6.07) is 12.7. The van der Waals surface area contributed by atoms with Crippen LogP contribution < -0.4 is 30.3 Å². The minimum Gasteiger partial charge on any atom is -0.490 e. The van der Waals surface area contributed by atoms with Gasteiger partial charge in [-0.05, 0) is 66.9 Å². The Morgan fingerprint density at radius 1 is 1.11 bits per heavy atom. The Hall–Kier alpha value is -5.05. The molecule has 0 saturated carbocycles. The Bertz CT molecular complexity index is 1680. The Balaban J connectivity index is 1.36. The van der Waals surface area contributed by atoms with Crippen molar-refractivity contribution in [1.29, 1.82) is 0 Å². The first-order valence-electron chi connectivity index (χ1n) is 14.1. The number of amides is 2. The highest BCUT2D eigenvalue weighted by Gasteiger charge is 2.32. The van der Waals surface area contributed by atoms with Crippen molar-refractivity contribution in [3.63, 3.8) is 0 Å². The molecule has 2 atom stereocenters. The predicted molar refractivity (Wildman–Crippen MR) is 173 cm³/mol. The Morgan fingerprint density at radius 3 is 2.45 bits per heavy atom. The first-order chi connectivity index (χ1) is 22.5. The van der Waals surface area contributed by atoms with Crippen LogP contribution in [0.2, 0.25) is 10.0 Å². The van der Waals surface area contributed by atoms with E-state index in [4.69, 9.17) is 42.1 Å². The lowest BCUT2D eigenvalue weighted by atomic mass is 9.95. The minimum atomic E-state index is -1.23. The van der Waals surface area contributed by atoms with Gasteiger partial charge in [0.2, 0.25) is 0 Å². The molecule has 3 aromatic carbocycles. The number of carbonyl (C=O) groups is 2. The van der Waals surface area contributed by atoms with E-state index < -0.39 is 29.2 Å². The van der Waals surface area contributed by atoms with Gasteiger partial charge in [-0.1, -0.05) is 29.3 Å². The zero-order valence-corrected chi connectivity index (χ0v) is 26.9. The maximum Gasteiger partial charge on any atom is 0.337 e. The van der Waals surface area contributed by atoms with E-state index in [-0.39, 0.29) is 40.3 Å². The number of allylic oxidation sites excluding steroid dienone is 1. The van der Waals surface area contributed by atoms with Gasteiger partial charge in [-0.2, -0.15) is 5.10 Å². The van der Waals surface area contributed by atoms with Gasteiger partial charge in [-0.25, -0.2) is 9.59 Å². The number of halogens is 2. The fourth-order valence-corrected chi connectivity index (χ4v) is 5.09. The molecule has 1 aliphatic heterocycles. The number of ether oxygens (including phenoxy) is 4. The van der Waals surface area contributed by atoms with Crippen molar-refractivity contribution in [2.24, 2.45) is 5.10 Å². The average molecular weight is 689 g/mol. The van der Waals surface area contributed by atoms with Crippen LogP contribution in [-0.2, 0) is 16.1 Å². The summed E-state index contributed by atoms with van der Waals surface area (Å²) in [6.45, 7) is 3.56. The molecule has 0 radical (unpaired) electrons. The standard InChI is InChI=1S/C31H31Cl2N5O9/c1-4-45-25-13-20(28-27(30(40)44-3)17(2)35-31(41)36-28)7-10-24(25)46-16-26(39)37-34-14-19-11-22(32)29(23(33)12-19)47-15-18-5-8-21(9-6-18)38(42)43/h5-14,26,28,37,39H,4,15-16H2,1-3H3,(H2,35,36,41)/b34-14-/t26-,28+/m1/s1. The number of non-ortho nitro benzene ring substituents is 1. The largest absolute Gasteiger partial charge is 0.490 e. The first-order valence-corrected chi connectivity index (χ1v) is 14.8. The van der Waals surface area contributed by atoms with E-state index in [9.17, 15) is 24.8 Å². The van der Waals surface area contributed by atoms with E-state index in [2.05, 4.69) is 21.2 Å². The number of urea groups is 1. The summed E-state index contributed by atoms with van der Waals surface area (Å²) in [5, 5.41) is 31.0. The van der Waals surface area contributed by atoms with Crippen LogP contribution in [0.4, 0.5) is 10.5 Å². The average Bonchev–Trinajstić information content (AvgIpc) is 3.03. The van der Waals surface area contributed by atoms with Crippen LogP contribution in [0.3, 0.4) is 0 Å². The van der Waals surface area contributed by atoms with Crippen LogP contribution in [0.1, 0.15) is 36.6 Å². The Morgan fingerprint density at radius 2 is 1.81 bits per heavy atom. The van der Waals surface area contributed by atoms with Crippen molar-refractivity contribution in [3.05, 3.63) is 103 Å². The normalized spacial score (nSPS) is 15.0. The fourth-order valence-electron chi connectivity index (χ4n) is 4.48. The van der Waals surface area contributed by atoms with Crippen LogP contribution in [0, 0.1) is 10.1 Å². The SMILES string of the molecule is CCOc1cc([C@@H]2NC(=O)NC(C)=C2C(=O)OC)ccc1OC[C@@H](O)N/N=C\c1cc(Cl)c(OCc2ccc([N+](=O)[O-])cc2)c(Cl)c1. The predicted octanol–water partition coefficient (Wildman–Crippen LogP) is 5.00.